The van der Waals surface area contributed by atoms with Crippen LogP contribution in [0.3, 0.4) is 0 Å². The lowest BCUT2D eigenvalue weighted by Gasteiger charge is -2.37. The van der Waals surface area contributed by atoms with Gasteiger partial charge in [0.25, 0.3) is 0 Å². The van der Waals surface area contributed by atoms with Crippen LogP contribution in [0.1, 0.15) is 13.8 Å². The van der Waals surface area contributed by atoms with E-state index >= 15 is 0 Å². The number of phenols is 1. The highest BCUT2D eigenvalue weighted by Gasteiger charge is 2.22. The number of anilines is 1. The van der Waals surface area contributed by atoms with E-state index in [1.807, 2.05) is 6.07 Å². The number of nitrogens with zero attached hydrogens (tertiary/aromatic N) is 5. The monoisotopic (exact) mass is 406 g/mol. The van der Waals surface area contributed by atoms with Crippen LogP contribution in [0.4, 0.5) is 10.1 Å². The number of hydrogen-bond acceptors (Lipinski definition) is 6. The number of phenolic OH excluding ortho intramolecular Hbond substituents is 1. The molecule has 7 nitrogen and oxygen atoms in total. The molecule has 2 N–H and O–H groups in total. The van der Waals surface area contributed by atoms with E-state index in [0.29, 0.717) is 17.5 Å². The van der Waals surface area contributed by atoms with E-state index in [-0.39, 0.29) is 16.9 Å². The van der Waals surface area contributed by atoms with Crippen molar-refractivity contribution in [3.8, 4) is 17.1 Å². The predicted molar refractivity (Wildman–Crippen MR) is 115 cm³/mol. The van der Waals surface area contributed by atoms with Gasteiger partial charge in [0, 0.05) is 61.1 Å². The molecule has 2 aromatic heterocycles. The number of aryl methyl sites for hydroxylation is 1. The maximum Gasteiger partial charge on any atom is 0.193 e. The Bertz CT molecular complexity index is 1260. The lowest BCUT2D eigenvalue weighted by atomic mass is 10.1. The molecule has 1 aliphatic rings. The highest BCUT2D eigenvalue weighted by molar-refractivity contribution is 5.89. The summed E-state index contributed by atoms with van der Waals surface area (Å²) >= 11 is 0. The quantitative estimate of drug-likeness (QED) is 0.532. The van der Waals surface area contributed by atoms with Gasteiger partial charge < -0.3 is 15.3 Å². The molecule has 8 heteroatoms. The molecule has 0 bridgehead atoms. The second-order valence-electron chi connectivity index (χ2n) is 8.14. The zero-order chi connectivity index (χ0) is 21.0. The summed E-state index contributed by atoms with van der Waals surface area (Å²) in [6, 6.07) is 8.58. The van der Waals surface area contributed by atoms with Gasteiger partial charge in [-0.2, -0.15) is 5.10 Å². The van der Waals surface area contributed by atoms with Crippen LogP contribution in [-0.2, 0) is 7.05 Å². The second kappa shape index (κ2) is 6.91. The third-order valence-electron chi connectivity index (χ3n) is 5.55. The number of hydrogen-bond donors (Lipinski definition) is 2. The van der Waals surface area contributed by atoms with E-state index < -0.39 is 11.6 Å². The number of halogens is 1. The lowest BCUT2D eigenvalue weighted by Crippen LogP contribution is -2.54. The summed E-state index contributed by atoms with van der Waals surface area (Å²) in [7, 11) is 1.71. The Morgan fingerprint density at radius 3 is 2.67 bits per heavy atom. The van der Waals surface area contributed by atoms with Gasteiger partial charge in [-0.15, -0.1) is 0 Å². The molecule has 1 saturated heterocycles. The van der Waals surface area contributed by atoms with E-state index in [1.54, 1.807) is 25.5 Å². The van der Waals surface area contributed by atoms with E-state index in [0.717, 1.165) is 29.7 Å². The Balaban J connectivity index is 1.55. The number of aromatic nitrogens is 4. The molecule has 0 radical (unpaired) electrons. The van der Waals surface area contributed by atoms with Crippen molar-refractivity contribution < 1.29 is 9.50 Å². The van der Waals surface area contributed by atoms with Crippen LogP contribution < -0.4 is 10.2 Å². The molecule has 2 aromatic carbocycles. The number of piperazine rings is 1. The summed E-state index contributed by atoms with van der Waals surface area (Å²) in [4.78, 5) is 11.4. The standard InChI is InChI=1S/C22H23FN6O/c1-12-9-29(10-13(2)25-12)16-4-5-18-14(6-16)8-24-22(26-18)17-7-15-11-28(3)27-20(15)19(23)21(17)30/h4-8,11-13,25,30H,9-10H2,1-3H3/t12-,13-/m0/s1. The first-order chi connectivity index (χ1) is 14.4. The summed E-state index contributed by atoms with van der Waals surface area (Å²) in [6.07, 6.45) is 3.42. The van der Waals surface area contributed by atoms with Crippen molar-refractivity contribution in [1.82, 2.24) is 25.1 Å². The molecule has 1 aliphatic heterocycles. The minimum Gasteiger partial charge on any atom is -0.504 e. The van der Waals surface area contributed by atoms with E-state index in [2.05, 4.69) is 51.3 Å². The molecule has 30 heavy (non-hydrogen) atoms. The average molecular weight is 406 g/mol. The minimum absolute atomic E-state index is 0.128. The largest absolute Gasteiger partial charge is 0.504 e. The van der Waals surface area contributed by atoms with Crippen LogP contribution in [0.15, 0.2) is 36.7 Å². The van der Waals surface area contributed by atoms with Crippen molar-refractivity contribution in [2.45, 2.75) is 25.9 Å². The number of rotatable bonds is 2. The van der Waals surface area contributed by atoms with E-state index in [4.69, 9.17) is 0 Å². The smallest absolute Gasteiger partial charge is 0.193 e. The van der Waals surface area contributed by atoms with Gasteiger partial charge in [-0.1, -0.05) is 0 Å². The SMILES string of the molecule is C[C@H]1CN(c2ccc3nc(-c4cc5cn(C)nc5c(F)c4O)ncc3c2)C[C@H](C)N1. The zero-order valence-electron chi connectivity index (χ0n) is 17.1. The zero-order valence-corrected chi connectivity index (χ0v) is 17.1. The third-order valence-corrected chi connectivity index (χ3v) is 5.55. The molecule has 2 atom stereocenters. The van der Waals surface area contributed by atoms with Crippen molar-refractivity contribution in [1.29, 1.82) is 0 Å². The van der Waals surface area contributed by atoms with Crippen LogP contribution in [0, 0.1) is 5.82 Å². The highest BCUT2D eigenvalue weighted by atomic mass is 19.1. The Kier molecular flexibility index (Phi) is 4.32. The van der Waals surface area contributed by atoms with Crippen LogP contribution in [-0.4, -0.2) is 50.0 Å². The van der Waals surface area contributed by atoms with Gasteiger partial charge in [-0.25, -0.2) is 14.4 Å². The number of benzene rings is 2. The Hall–Kier alpha value is -3.26. The first-order valence-corrected chi connectivity index (χ1v) is 10.0. The minimum atomic E-state index is -0.760. The van der Waals surface area contributed by atoms with E-state index in [1.165, 1.54) is 4.68 Å². The van der Waals surface area contributed by atoms with Crippen molar-refractivity contribution in [2.24, 2.45) is 7.05 Å². The summed E-state index contributed by atoms with van der Waals surface area (Å²) in [5, 5.41) is 19.5. The van der Waals surface area contributed by atoms with Crippen molar-refractivity contribution in [3.05, 3.63) is 42.5 Å². The summed E-state index contributed by atoms with van der Waals surface area (Å²) < 4.78 is 16.1. The summed E-state index contributed by atoms with van der Waals surface area (Å²) in [5.74, 6) is -0.966. The molecule has 1 fully saturated rings. The molecule has 5 rings (SSSR count). The van der Waals surface area contributed by atoms with Gasteiger partial charge in [-0.3, -0.25) is 4.68 Å². The molecule has 3 heterocycles. The summed E-state index contributed by atoms with van der Waals surface area (Å²) in [5.41, 5.74) is 2.25. The first kappa shape index (κ1) is 18.7. The summed E-state index contributed by atoms with van der Waals surface area (Å²) in [6.45, 7) is 6.24. The van der Waals surface area contributed by atoms with Crippen LogP contribution in [0.2, 0.25) is 0 Å². The van der Waals surface area contributed by atoms with Gasteiger partial charge in [0.2, 0.25) is 0 Å². The molecule has 4 aromatic rings. The Labute approximate surface area is 173 Å². The van der Waals surface area contributed by atoms with Crippen molar-refractivity contribution >= 4 is 27.5 Å². The van der Waals surface area contributed by atoms with Crippen molar-refractivity contribution in [3.63, 3.8) is 0 Å². The lowest BCUT2D eigenvalue weighted by molar-refractivity contribution is 0.407. The fraction of sp³-hybridized carbons (Fsp3) is 0.318. The molecule has 0 aliphatic carbocycles. The predicted octanol–water partition coefficient (Wildman–Crippen LogP) is 3.21. The van der Waals surface area contributed by atoms with Gasteiger partial charge in [0.15, 0.2) is 17.4 Å². The topological polar surface area (TPSA) is 79.1 Å². The van der Waals surface area contributed by atoms with Gasteiger partial charge in [0.1, 0.15) is 5.52 Å². The van der Waals surface area contributed by atoms with Crippen molar-refractivity contribution in [2.75, 3.05) is 18.0 Å². The normalized spacial score (nSPS) is 19.7. The third kappa shape index (κ3) is 3.13. The number of fused-ring (bicyclic) bond motifs is 2. The molecular weight excluding hydrogens is 383 g/mol. The first-order valence-electron chi connectivity index (χ1n) is 10.0. The fourth-order valence-electron chi connectivity index (χ4n) is 4.29. The van der Waals surface area contributed by atoms with E-state index in [9.17, 15) is 9.50 Å². The van der Waals surface area contributed by atoms with Crippen LogP contribution in [0.25, 0.3) is 33.2 Å². The average Bonchev–Trinajstić information content (AvgIpc) is 3.10. The molecule has 154 valence electrons. The van der Waals surface area contributed by atoms with Gasteiger partial charge >= 0.3 is 0 Å². The second-order valence-corrected chi connectivity index (χ2v) is 8.14. The molecule has 0 spiro atoms. The molecule has 0 saturated carbocycles. The van der Waals surface area contributed by atoms with Crippen LogP contribution in [0.5, 0.6) is 5.75 Å². The number of nitrogens with one attached hydrogen (secondary N) is 1. The Morgan fingerprint density at radius 2 is 1.90 bits per heavy atom. The molecular formula is C22H23FN6O. The van der Waals surface area contributed by atoms with Gasteiger partial charge in [0.05, 0.1) is 11.1 Å². The Morgan fingerprint density at radius 1 is 1.13 bits per heavy atom. The molecule has 0 amide bonds. The highest BCUT2D eigenvalue weighted by Crippen LogP contribution is 2.35. The maximum atomic E-state index is 14.6. The fourth-order valence-corrected chi connectivity index (χ4v) is 4.29. The maximum absolute atomic E-state index is 14.6. The van der Waals surface area contributed by atoms with Gasteiger partial charge in [-0.05, 0) is 38.1 Å². The number of aromatic hydroxyl groups is 1. The van der Waals surface area contributed by atoms with Crippen LogP contribution >= 0.6 is 0 Å². The molecule has 0 unspecified atom stereocenters.